The van der Waals surface area contributed by atoms with Crippen LogP contribution < -0.4 is 20.3 Å². The molecule has 8 heteroatoms. The first kappa shape index (κ1) is 15.9. The predicted octanol–water partition coefficient (Wildman–Crippen LogP) is 1.52. The number of ether oxygens (including phenoxy) is 2. The number of thioether (sulfide) groups is 1. The summed E-state index contributed by atoms with van der Waals surface area (Å²) in [6.07, 6.45) is 0. The number of benzene rings is 1. The number of hydrogen-bond acceptors (Lipinski definition) is 6. The van der Waals surface area contributed by atoms with Crippen LogP contribution in [0.1, 0.15) is 0 Å². The first-order chi connectivity index (χ1) is 10.6. The van der Waals surface area contributed by atoms with Crippen molar-refractivity contribution in [1.82, 2.24) is 9.97 Å². The highest BCUT2D eigenvalue weighted by Crippen LogP contribution is 2.17. The Morgan fingerprint density at radius 3 is 2.64 bits per heavy atom. The predicted molar refractivity (Wildman–Crippen MR) is 83.8 cm³/mol. The maximum atomic E-state index is 11.9. The van der Waals surface area contributed by atoms with E-state index in [0.717, 1.165) is 11.8 Å². The zero-order valence-electron chi connectivity index (χ0n) is 12.1. The molecular weight excluding hydrogens is 306 g/mol. The third-order valence-electron chi connectivity index (χ3n) is 2.62. The molecule has 2 aromatic rings. The Kier molecular flexibility index (Phi) is 5.42. The van der Waals surface area contributed by atoms with E-state index >= 15 is 0 Å². The molecule has 0 saturated heterocycles. The number of carbonyl (C=O) groups is 1. The van der Waals surface area contributed by atoms with Gasteiger partial charge in [-0.1, -0.05) is 11.8 Å². The van der Waals surface area contributed by atoms with E-state index in [1.807, 2.05) is 0 Å². The second-order valence-corrected chi connectivity index (χ2v) is 5.12. The number of aromatic amines is 1. The first-order valence-electron chi connectivity index (χ1n) is 6.33. The van der Waals surface area contributed by atoms with E-state index in [1.54, 1.807) is 31.4 Å². The molecule has 0 unspecified atom stereocenters. The van der Waals surface area contributed by atoms with Gasteiger partial charge in [0, 0.05) is 5.69 Å². The van der Waals surface area contributed by atoms with E-state index in [9.17, 15) is 9.59 Å². The van der Waals surface area contributed by atoms with Crippen LogP contribution in [-0.4, -0.2) is 35.8 Å². The molecule has 0 atom stereocenters. The molecular formula is C14H15N3O4S. The molecule has 2 N–H and O–H groups in total. The van der Waals surface area contributed by atoms with Crippen LogP contribution in [0.4, 0.5) is 5.69 Å². The second kappa shape index (κ2) is 7.51. The molecule has 0 radical (unpaired) electrons. The zero-order valence-corrected chi connectivity index (χ0v) is 12.9. The van der Waals surface area contributed by atoms with E-state index in [-0.39, 0.29) is 23.1 Å². The first-order valence-corrected chi connectivity index (χ1v) is 7.31. The molecule has 0 saturated carbocycles. The maximum Gasteiger partial charge on any atom is 0.255 e. The van der Waals surface area contributed by atoms with Gasteiger partial charge in [-0.25, -0.2) is 0 Å². The molecule has 7 nitrogen and oxygen atoms in total. The maximum absolute atomic E-state index is 11.9. The molecule has 2 rings (SSSR count). The molecule has 22 heavy (non-hydrogen) atoms. The van der Waals surface area contributed by atoms with Crippen molar-refractivity contribution in [2.75, 3.05) is 25.3 Å². The molecule has 1 aromatic carbocycles. The molecule has 1 heterocycles. The normalized spacial score (nSPS) is 10.1. The second-order valence-electron chi connectivity index (χ2n) is 4.16. The number of methoxy groups -OCH3 is 2. The van der Waals surface area contributed by atoms with Crippen LogP contribution in [0.5, 0.6) is 11.6 Å². The molecule has 0 spiro atoms. The molecule has 0 aliphatic rings. The van der Waals surface area contributed by atoms with Gasteiger partial charge in [0.1, 0.15) is 5.75 Å². The fourth-order valence-corrected chi connectivity index (χ4v) is 2.26. The number of anilines is 1. The number of nitrogens with zero attached hydrogens (tertiary/aromatic N) is 1. The van der Waals surface area contributed by atoms with Crippen LogP contribution in [-0.2, 0) is 4.79 Å². The Balaban J connectivity index is 1.92. The number of hydrogen-bond donors (Lipinski definition) is 2. The Bertz CT molecular complexity index is 700. The Labute approximate surface area is 131 Å². The van der Waals surface area contributed by atoms with Crippen molar-refractivity contribution < 1.29 is 14.3 Å². The summed E-state index contributed by atoms with van der Waals surface area (Å²) < 4.78 is 9.94. The molecule has 0 bridgehead atoms. The smallest absolute Gasteiger partial charge is 0.255 e. The van der Waals surface area contributed by atoms with E-state index in [1.165, 1.54) is 13.2 Å². The van der Waals surface area contributed by atoms with Gasteiger partial charge in [-0.2, -0.15) is 4.98 Å². The Hall–Kier alpha value is -2.48. The monoisotopic (exact) mass is 321 g/mol. The average Bonchev–Trinajstić information content (AvgIpc) is 2.53. The van der Waals surface area contributed by atoms with Crippen LogP contribution in [0.3, 0.4) is 0 Å². The Morgan fingerprint density at radius 2 is 2.00 bits per heavy atom. The summed E-state index contributed by atoms with van der Waals surface area (Å²) in [5, 5.41) is 3.07. The van der Waals surface area contributed by atoms with Gasteiger partial charge in [0.2, 0.25) is 11.8 Å². The highest BCUT2D eigenvalue weighted by molar-refractivity contribution is 7.99. The molecule has 116 valence electrons. The van der Waals surface area contributed by atoms with Crippen LogP contribution in [0.15, 0.2) is 40.3 Å². The SMILES string of the molecule is COc1ccc(NC(=O)CSc2nc(OC)cc(=O)[nH]2)cc1. The summed E-state index contributed by atoms with van der Waals surface area (Å²) in [6, 6.07) is 8.23. The van der Waals surface area contributed by atoms with Crippen LogP contribution >= 0.6 is 11.8 Å². The third-order valence-corrected chi connectivity index (χ3v) is 3.49. The van der Waals surface area contributed by atoms with Gasteiger partial charge < -0.3 is 19.8 Å². The number of H-pyrrole nitrogens is 1. The minimum Gasteiger partial charge on any atom is -0.497 e. The topological polar surface area (TPSA) is 93.3 Å². The van der Waals surface area contributed by atoms with Gasteiger partial charge in [-0.3, -0.25) is 9.59 Å². The minimum absolute atomic E-state index is 0.113. The number of aromatic nitrogens is 2. The lowest BCUT2D eigenvalue weighted by Crippen LogP contribution is -2.15. The van der Waals surface area contributed by atoms with Gasteiger partial charge in [0.05, 0.1) is 26.0 Å². The standard InChI is InChI=1S/C14H15N3O4S/c1-20-10-5-3-9(4-6-10)15-12(19)8-22-14-16-11(18)7-13(17-14)21-2/h3-7H,8H2,1-2H3,(H,15,19)(H,16,17,18). The van der Waals surface area contributed by atoms with E-state index < -0.39 is 0 Å². The van der Waals surface area contributed by atoms with Gasteiger partial charge in [-0.15, -0.1) is 0 Å². The number of amides is 1. The molecule has 1 aromatic heterocycles. The van der Waals surface area contributed by atoms with Gasteiger partial charge in [-0.05, 0) is 24.3 Å². The number of carbonyl (C=O) groups excluding carboxylic acids is 1. The molecule has 0 fully saturated rings. The van der Waals surface area contributed by atoms with E-state index in [4.69, 9.17) is 9.47 Å². The summed E-state index contributed by atoms with van der Waals surface area (Å²) in [4.78, 5) is 29.8. The van der Waals surface area contributed by atoms with Crippen LogP contribution in [0.25, 0.3) is 0 Å². The summed E-state index contributed by atoms with van der Waals surface area (Å²) >= 11 is 1.12. The third kappa shape index (κ3) is 4.52. The zero-order chi connectivity index (χ0) is 15.9. The molecule has 1 amide bonds. The summed E-state index contributed by atoms with van der Waals surface area (Å²) in [5.41, 5.74) is 0.336. The average molecular weight is 321 g/mol. The van der Waals surface area contributed by atoms with Gasteiger partial charge >= 0.3 is 0 Å². The summed E-state index contributed by atoms with van der Waals surface area (Å²) in [6.45, 7) is 0. The van der Waals surface area contributed by atoms with Crippen molar-refractivity contribution in [2.45, 2.75) is 5.16 Å². The number of nitrogens with one attached hydrogen (secondary N) is 2. The largest absolute Gasteiger partial charge is 0.497 e. The van der Waals surface area contributed by atoms with E-state index in [2.05, 4.69) is 15.3 Å². The molecule has 0 aliphatic carbocycles. The Morgan fingerprint density at radius 1 is 1.27 bits per heavy atom. The van der Waals surface area contributed by atoms with Gasteiger partial charge in [0.25, 0.3) is 5.56 Å². The lowest BCUT2D eigenvalue weighted by atomic mass is 10.3. The van der Waals surface area contributed by atoms with Crippen molar-refractivity contribution in [3.8, 4) is 11.6 Å². The highest BCUT2D eigenvalue weighted by atomic mass is 32.2. The highest BCUT2D eigenvalue weighted by Gasteiger charge is 2.07. The molecule has 0 aliphatic heterocycles. The van der Waals surface area contributed by atoms with Crippen molar-refractivity contribution in [3.63, 3.8) is 0 Å². The minimum atomic E-state index is -0.329. The van der Waals surface area contributed by atoms with Crippen molar-refractivity contribution in [3.05, 3.63) is 40.7 Å². The van der Waals surface area contributed by atoms with Crippen molar-refractivity contribution in [1.29, 1.82) is 0 Å². The fourth-order valence-electron chi connectivity index (χ4n) is 1.59. The van der Waals surface area contributed by atoms with Gasteiger partial charge in [0.15, 0.2) is 5.16 Å². The van der Waals surface area contributed by atoms with E-state index in [0.29, 0.717) is 16.6 Å². The lowest BCUT2D eigenvalue weighted by molar-refractivity contribution is -0.113. The fraction of sp³-hybridized carbons (Fsp3) is 0.214. The van der Waals surface area contributed by atoms with Crippen LogP contribution in [0.2, 0.25) is 0 Å². The van der Waals surface area contributed by atoms with Crippen molar-refractivity contribution in [2.24, 2.45) is 0 Å². The quantitative estimate of drug-likeness (QED) is 0.619. The summed E-state index contributed by atoms with van der Waals surface area (Å²) in [5.74, 6) is 0.829. The summed E-state index contributed by atoms with van der Waals surface area (Å²) in [7, 11) is 3.00. The number of rotatable bonds is 6. The van der Waals surface area contributed by atoms with Crippen LogP contribution in [0, 0.1) is 0 Å². The lowest BCUT2D eigenvalue weighted by Gasteiger charge is -2.06. The van der Waals surface area contributed by atoms with Crippen molar-refractivity contribution >= 4 is 23.4 Å².